The summed E-state index contributed by atoms with van der Waals surface area (Å²) in [6, 6.07) is 0. The van der Waals surface area contributed by atoms with Crippen LogP contribution in [0.15, 0.2) is 0 Å². The van der Waals surface area contributed by atoms with Crippen molar-refractivity contribution in [3.63, 3.8) is 0 Å². The summed E-state index contributed by atoms with van der Waals surface area (Å²) in [5.41, 5.74) is 0. The molecule has 0 heterocycles. The summed E-state index contributed by atoms with van der Waals surface area (Å²) in [6.07, 6.45) is 7.05. The molecule has 0 aliphatic heterocycles. The van der Waals surface area contributed by atoms with Gasteiger partial charge in [-0.3, -0.25) is 4.79 Å². The number of Topliss-reactive ketones (excluding diaryl/α,β-unsaturated/α-hetero) is 1. The predicted molar refractivity (Wildman–Crippen MR) is 57.1 cm³/mol. The van der Waals surface area contributed by atoms with Crippen molar-refractivity contribution >= 4 is 5.78 Å². The predicted octanol–water partition coefficient (Wildman–Crippen LogP) is 2.54. The molecule has 0 bridgehead atoms. The molecular formula is C12H22O2. The second-order valence-corrected chi connectivity index (χ2v) is 4.43. The summed E-state index contributed by atoms with van der Waals surface area (Å²) >= 11 is 0. The van der Waals surface area contributed by atoms with Crippen molar-refractivity contribution in [1.29, 1.82) is 0 Å². The molecule has 0 aromatic rings. The third-order valence-corrected chi connectivity index (χ3v) is 3.41. The van der Waals surface area contributed by atoms with E-state index < -0.39 is 0 Å². The molecule has 0 saturated heterocycles. The van der Waals surface area contributed by atoms with Crippen molar-refractivity contribution in [2.75, 3.05) is 6.61 Å². The summed E-state index contributed by atoms with van der Waals surface area (Å²) < 4.78 is 0. The molecule has 1 aliphatic rings. The van der Waals surface area contributed by atoms with Crippen molar-refractivity contribution in [2.45, 2.75) is 51.9 Å². The Morgan fingerprint density at radius 3 is 2.86 bits per heavy atom. The second-order valence-electron chi connectivity index (χ2n) is 4.43. The lowest BCUT2D eigenvalue weighted by molar-refractivity contribution is -0.125. The topological polar surface area (TPSA) is 37.3 Å². The van der Waals surface area contributed by atoms with Gasteiger partial charge in [-0.2, -0.15) is 0 Å². The molecule has 0 spiro atoms. The van der Waals surface area contributed by atoms with Crippen LogP contribution in [-0.2, 0) is 4.79 Å². The number of carbonyl (C=O) groups excluding carboxylic acids is 1. The number of ketones is 1. The minimum Gasteiger partial charge on any atom is -0.396 e. The van der Waals surface area contributed by atoms with Crippen LogP contribution in [0.5, 0.6) is 0 Å². The van der Waals surface area contributed by atoms with E-state index >= 15 is 0 Å². The van der Waals surface area contributed by atoms with Crippen LogP contribution in [0.4, 0.5) is 0 Å². The summed E-state index contributed by atoms with van der Waals surface area (Å²) in [6.45, 7) is 2.48. The van der Waals surface area contributed by atoms with Crippen molar-refractivity contribution < 1.29 is 9.90 Å². The zero-order valence-corrected chi connectivity index (χ0v) is 9.17. The van der Waals surface area contributed by atoms with Crippen LogP contribution in [0.25, 0.3) is 0 Å². The smallest absolute Gasteiger partial charge is 0.135 e. The Hall–Kier alpha value is -0.370. The Morgan fingerprint density at radius 1 is 1.43 bits per heavy atom. The van der Waals surface area contributed by atoms with Crippen molar-refractivity contribution in [1.82, 2.24) is 0 Å². The van der Waals surface area contributed by atoms with Gasteiger partial charge in [0.05, 0.1) is 0 Å². The molecule has 0 aromatic heterocycles. The molecule has 2 nitrogen and oxygen atoms in total. The van der Waals surface area contributed by atoms with E-state index in [9.17, 15) is 4.79 Å². The lowest BCUT2D eigenvalue weighted by Gasteiger charge is -2.27. The molecule has 0 aromatic carbocycles. The first kappa shape index (κ1) is 11.7. The Labute approximate surface area is 86.7 Å². The second kappa shape index (κ2) is 6.18. The molecule has 1 aliphatic carbocycles. The molecule has 1 rings (SSSR count). The Kier molecular flexibility index (Phi) is 5.16. The van der Waals surface area contributed by atoms with Gasteiger partial charge in [0, 0.05) is 18.9 Å². The molecule has 1 N–H and O–H groups in total. The highest BCUT2D eigenvalue weighted by Gasteiger charge is 2.26. The Balaban J connectivity index is 2.29. The summed E-state index contributed by atoms with van der Waals surface area (Å²) in [4.78, 5) is 11.6. The van der Waals surface area contributed by atoms with Gasteiger partial charge in [-0.15, -0.1) is 0 Å². The lowest BCUT2D eigenvalue weighted by atomic mass is 9.77. The maximum atomic E-state index is 11.6. The van der Waals surface area contributed by atoms with Crippen LogP contribution in [0.2, 0.25) is 0 Å². The van der Waals surface area contributed by atoms with E-state index in [1.54, 1.807) is 0 Å². The van der Waals surface area contributed by atoms with Crippen molar-refractivity contribution in [2.24, 2.45) is 11.8 Å². The maximum Gasteiger partial charge on any atom is 0.135 e. The first-order chi connectivity index (χ1) is 6.77. The lowest BCUT2D eigenvalue weighted by Crippen LogP contribution is -2.24. The van der Waals surface area contributed by atoms with E-state index in [0.29, 0.717) is 11.7 Å². The van der Waals surface area contributed by atoms with Gasteiger partial charge in [0.1, 0.15) is 5.78 Å². The van der Waals surface area contributed by atoms with Crippen LogP contribution >= 0.6 is 0 Å². The van der Waals surface area contributed by atoms with Gasteiger partial charge in [-0.25, -0.2) is 0 Å². The monoisotopic (exact) mass is 198 g/mol. The Bertz CT molecular complexity index is 177. The largest absolute Gasteiger partial charge is 0.396 e. The highest BCUT2D eigenvalue weighted by Crippen LogP contribution is 2.31. The van der Waals surface area contributed by atoms with E-state index in [2.05, 4.69) is 6.92 Å². The zero-order valence-electron chi connectivity index (χ0n) is 9.17. The molecule has 14 heavy (non-hydrogen) atoms. The third-order valence-electron chi connectivity index (χ3n) is 3.41. The van der Waals surface area contributed by atoms with Gasteiger partial charge < -0.3 is 5.11 Å². The average molecular weight is 198 g/mol. The zero-order chi connectivity index (χ0) is 10.4. The van der Waals surface area contributed by atoms with Crippen LogP contribution in [0.3, 0.4) is 0 Å². The van der Waals surface area contributed by atoms with Gasteiger partial charge in [0.15, 0.2) is 0 Å². The number of rotatable bonds is 5. The van der Waals surface area contributed by atoms with Gasteiger partial charge in [0.25, 0.3) is 0 Å². The number of hydrogen-bond acceptors (Lipinski definition) is 2. The molecular weight excluding hydrogens is 176 g/mol. The van der Waals surface area contributed by atoms with Crippen LogP contribution in [0, 0.1) is 11.8 Å². The van der Waals surface area contributed by atoms with E-state index in [0.717, 1.165) is 44.4 Å². The quantitative estimate of drug-likeness (QED) is 0.689. The van der Waals surface area contributed by atoms with Gasteiger partial charge in [-0.1, -0.05) is 19.8 Å². The SMILES string of the molecule is CCC1CCC(=O)C(CCCCO)C1. The number of aliphatic hydroxyl groups excluding tert-OH is 1. The van der Waals surface area contributed by atoms with Crippen molar-refractivity contribution in [3.8, 4) is 0 Å². The maximum absolute atomic E-state index is 11.6. The number of unbranched alkanes of at least 4 members (excludes halogenated alkanes) is 1. The van der Waals surface area contributed by atoms with Gasteiger partial charge >= 0.3 is 0 Å². The third kappa shape index (κ3) is 3.41. The summed E-state index contributed by atoms with van der Waals surface area (Å²) in [5, 5.41) is 8.67. The number of aliphatic hydroxyl groups is 1. The first-order valence-electron chi connectivity index (χ1n) is 5.91. The molecule has 2 heteroatoms. The number of carbonyl (C=O) groups is 1. The van der Waals surface area contributed by atoms with Crippen LogP contribution in [-0.4, -0.2) is 17.5 Å². The van der Waals surface area contributed by atoms with Gasteiger partial charge in [0.2, 0.25) is 0 Å². The minimum atomic E-state index is 0.262. The molecule has 0 radical (unpaired) electrons. The molecule has 82 valence electrons. The fourth-order valence-electron chi connectivity index (χ4n) is 2.35. The minimum absolute atomic E-state index is 0.262. The average Bonchev–Trinajstić information content (AvgIpc) is 2.21. The highest BCUT2D eigenvalue weighted by molar-refractivity contribution is 5.81. The van der Waals surface area contributed by atoms with Crippen molar-refractivity contribution in [3.05, 3.63) is 0 Å². The number of hydrogen-bond donors (Lipinski definition) is 1. The fraction of sp³-hybridized carbons (Fsp3) is 0.917. The van der Waals surface area contributed by atoms with E-state index in [1.165, 1.54) is 6.42 Å². The van der Waals surface area contributed by atoms with Crippen LogP contribution in [0.1, 0.15) is 51.9 Å². The molecule has 2 atom stereocenters. The van der Waals surface area contributed by atoms with E-state index in [4.69, 9.17) is 5.11 Å². The van der Waals surface area contributed by atoms with E-state index in [1.807, 2.05) is 0 Å². The molecule has 1 fully saturated rings. The molecule has 2 unspecified atom stereocenters. The molecule has 1 saturated carbocycles. The standard InChI is InChI=1S/C12H22O2/c1-2-10-6-7-12(14)11(9-10)5-3-4-8-13/h10-11,13H,2-9H2,1H3. The first-order valence-corrected chi connectivity index (χ1v) is 5.91. The summed E-state index contributed by atoms with van der Waals surface area (Å²) in [7, 11) is 0. The van der Waals surface area contributed by atoms with Crippen LogP contribution < -0.4 is 0 Å². The summed E-state index contributed by atoms with van der Waals surface area (Å²) in [5.74, 6) is 1.54. The van der Waals surface area contributed by atoms with Gasteiger partial charge in [-0.05, 0) is 31.6 Å². The Morgan fingerprint density at radius 2 is 2.21 bits per heavy atom. The highest BCUT2D eigenvalue weighted by atomic mass is 16.2. The van der Waals surface area contributed by atoms with E-state index in [-0.39, 0.29) is 6.61 Å². The normalized spacial score (nSPS) is 28.0. The molecule has 0 amide bonds. The fourth-order valence-corrected chi connectivity index (χ4v) is 2.35.